The van der Waals surface area contributed by atoms with Gasteiger partial charge in [-0.3, -0.25) is 4.79 Å². The van der Waals surface area contributed by atoms with Crippen molar-refractivity contribution in [3.63, 3.8) is 0 Å². The van der Waals surface area contributed by atoms with Crippen LogP contribution in [-0.2, 0) is 6.54 Å². The number of nitrogens with zero attached hydrogens (tertiary/aromatic N) is 1. The predicted octanol–water partition coefficient (Wildman–Crippen LogP) is 2.51. The first-order valence-corrected chi connectivity index (χ1v) is 11.6. The Morgan fingerprint density at radius 3 is 2.84 bits per heavy atom. The Kier molecular flexibility index (Phi) is 4.89. The molecule has 0 bridgehead atoms. The highest BCUT2D eigenvalue weighted by Gasteiger charge is 2.61. The van der Waals surface area contributed by atoms with Gasteiger partial charge in [-0.2, -0.15) is 0 Å². The molecule has 5 rings (SSSR count). The van der Waals surface area contributed by atoms with Crippen molar-refractivity contribution in [1.29, 1.82) is 0 Å². The van der Waals surface area contributed by atoms with Gasteiger partial charge in [0, 0.05) is 29.5 Å². The number of hydrogen-bond donors (Lipinski definition) is 3. The van der Waals surface area contributed by atoms with Gasteiger partial charge in [-0.05, 0) is 52.5 Å². The highest BCUT2D eigenvalue weighted by Crippen LogP contribution is 2.63. The Morgan fingerprint density at radius 2 is 2.16 bits per heavy atom. The lowest BCUT2D eigenvalue weighted by atomic mass is 9.61. The zero-order valence-corrected chi connectivity index (χ0v) is 19.1. The summed E-state index contributed by atoms with van der Waals surface area (Å²) in [6.45, 7) is 10.2. The fourth-order valence-electron chi connectivity index (χ4n) is 6.27. The zero-order chi connectivity index (χ0) is 23.0. The van der Waals surface area contributed by atoms with Gasteiger partial charge in [0.1, 0.15) is 23.2 Å². The van der Waals surface area contributed by atoms with Crippen molar-refractivity contribution in [2.75, 3.05) is 13.2 Å². The molecule has 1 amide bonds. The van der Waals surface area contributed by atoms with Crippen LogP contribution in [0.4, 0.5) is 0 Å². The molecule has 0 aromatic heterocycles. The smallest absolute Gasteiger partial charge is 0.254 e. The van der Waals surface area contributed by atoms with Gasteiger partial charge in [-0.25, -0.2) is 0 Å². The Bertz CT molecular complexity index is 987. The van der Waals surface area contributed by atoms with Crippen molar-refractivity contribution in [3.05, 3.63) is 34.9 Å². The second kappa shape index (κ2) is 7.20. The maximum absolute atomic E-state index is 13.0. The topological polar surface area (TPSA) is 99.5 Å². The lowest BCUT2D eigenvalue weighted by molar-refractivity contribution is -0.126. The molecule has 1 aliphatic carbocycles. The molecule has 1 aromatic carbocycles. The molecule has 3 aliphatic heterocycles. The largest absolute Gasteiger partial charge is 0.487 e. The fourth-order valence-corrected chi connectivity index (χ4v) is 6.27. The molecular weight excluding hydrogens is 410 g/mol. The molecule has 1 fully saturated rings. The van der Waals surface area contributed by atoms with Crippen LogP contribution in [-0.4, -0.2) is 62.7 Å². The van der Waals surface area contributed by atoms with Crippen LogP contribution in [0.3, 0.4) is 0 Å². The number of β-amino-alcohol motifs (C(OH)–C–C–N with tert-alkyl or cyclic N) is 1. The number of carbonyl (C=O) groups excluding carboxylic acids is 1. The molecule has 1 aromatic rings. The third kappa shape index (κ3) is 3.01. The maximum atomic E-state index is 13.0. The van der Waals surface area contributed by atoms with Crippen LogP contribution >= 0.6 is 0 Å². The summed E-state index contributed by atoms with van der Waals surface area (Å²) in [5.74, 6) is 1.28. The third-order valence-corrected chi connectivity index (χ3v) is 8.14. The number of hydrogen-bond acceptors (Lipinski definition) is 6. The summed E-state index contributed by atoms with van der Waals surface area (Å²) in [7, 11) is 0. The number of benzene rings is 1. The van der Waals surface area contributed by atoms with E-state index in [0.717, 1.165) is 23.1 Å². The van der Waals surface area contributed by atoms with Crippen molar-refractivity contribution < 1.29 is 29.6 Å². The van der Waals surface area contributed by atoms with Crippen LogP contribution in [0.5, 0.6) is 11.5 Å². The maximum Gasteiger partial charge on any atom is 0.254 e. The number of fused-ring (bicyclic) bond motifs is 2. The first kappa shape index (κ1) is 21.7. The standard InChI is InChI=1S/C25H33NO6/c1-13(2)17(28)6-8-25(4)16-5-7-24(3,30)22-19(16)20-18(32-25)11-14-15(21(20)31-22)12-26(9-10-27)23(14)29/h11,16-17,19,22,27-28,30H,1,5-10,12H2,2-4H3/t16-,17-,19+,22-,24+,25+/m1/s1. The van der Waals surface area contributed by atoms with Crippen molar-refractivity contribution >= 4 is 5.91 Å². The Hall–Kier alpha value is -2.09. The van der Waals surface area contributed by atoms with Gasteiger partial charge in [-0.1, -0.05) is 12.2 Å². The van der Waals surface area contributed by atoms with Gasteiger partial charge in [-0.15, -0.1) is 0 Å². The van der Waals surface area contributed by atoms with Crippen molar-refractivity contribution in [1.82, 2.24) is 4.90 Å². The summed E-state index contributed by atoms with van der Waals surface area (Å²) in [5, 5.41) is 30.9. The van der Waals surface area contributed by atoms with Crippen LogP contribution in [0, 0.1) is 5.92 Å². The van der Waals surface area contributed by atoms with Crippen molar-refractivity contribution in [3.8, 4) is 11.5 Å². The lowest BCUT2D eigenvalue weighted by Crippen LogP contribution is -2.57. The zero-order valence-electron chi connectivity index (χ0n) is 19.1. The van der Waals surface area contributed by atoms with Gasteiger partial charge >= 0.3 is 0 Å². The number of carbonyl (C=O) groups is 1. The second-order valence-corrected chi connectivity index (χ2v) is 10.5. The van der Waals surface area contributed by atoms with E-state index in [1.54, 1.807) is 4.90 Å². The summed E-state index contributed by atoms with van der Waals surface area (Å²) in [6, 6.07) is 1.83. The van der Waals surface area contributed by atoms with E-state index in [0.29, 0.717) is 42.9 Å². The average Bonchev–Trinajstić information content (AvgIpc) is 3.27. The number of aliphatic hydroxyl groups is 3. The molecule has 6 atom stereocenters. The number of aliphatic hydroxyl groups excluding tert-OH is 2. The van der Waals surface area contributed by atoms with Crippen LogP contribution in [0.2, 0.25) is 0 Å². The summed E-state index contributed by atoms with van der Waals surface area (Å²) in [5.41, 5.74) is 1.54. The van der Waals surface area contributed by atoms with Crippen molar-refractivity contribution in [2.24, 2.45) is 5.92 Å². The van der Waals surface area contributed by atoms with E-state index in [9.17, 15) is 20.1 Å². The monoisotopic (exact) mass is 443 g/mol. The average molecular weight is 444 g/mol. The molecule has 7 heteroatoms. The van der Waals surface area contributed by atoms with E-state index in [2.05, 4.69) is 13.5 Å². The summed E-state index contributed by atoms with van der Waals surface area (Å²) >= 11 is 0. The van der Waals surface area contributed by atoms with Gasteiger partial charge in [0.2, 0.25) is 0 Å². The Morgan fingerprint density at radius 1 is 1.41 bits per heavy atom. The van der Waals surface area contributed by atoms with Crippen molar-refractivity contribution in [2.45, 2.75) is 82.3 Å². The van der Waals surface area contributed by atoms with Crippen LogP contribution < -0.4 is 9.47 Å². The molecule has 0 unspecified atom stereocenters. The first-order chi connectivity index (χ1) is 15.1. The molecule has 32 heavy (non-hydrogen) atoms. The van der Waals surface area contributed by atoms with E-state index in [4.69, 9.17) is 9.47 Å². The Labute approximate surface area is 188 Å². The molecule has 4 aliphatic rings. The highest BCUT2D eigenvalue weighted by atomic mass is 16.5. The normalized spacial score (nSPS) is 35.1. The first-order valence-electron chi connectivity index (χ1n) is 11.6. The second-order valence-electron chi connectivity index (χ2n) is 10.5. The van der Waals surface area contributed by atoms with E-state index >= 15 is 0 Å². The highest BCUT2D eigenvalue weighted by molar-refractivity contribution is 6.00. The van der Waals surface area contributed by atoms with Gasteiger partial charge in [0.05, 0.1) is 30.4 Å². The number of rotatable bonds is 6. The molecule has 0 radical (unpaired) electrons. The van der Waals surface area contributed by atoms with Gasteiger partial charge in [0.25, 0.3) is 5.91 Å². The third-order valence-electron chi connectivity index (χ3n) is 8.14. The summed E-state index contributed by atoms with van der Waals surface area (Å²) in [4.78, 5) is 14.6. The molecule has 3 heterocycles. The minimum Gasteiger partial charge on any atom is -0.487 e. The van der Waals surface area contributed by atoms with Crippen LogP contribution in [0.1, 0.15) is 73.9 Å². The fraction of sp³-hybridized carbons (Fsp3) is 0.640. The lowest BCUT2D eigenvalue weighted by Gasteiger charge is -2.52. The molecule has 0 saturated heterocycles. The minimum absolute atomic E-state index is 0.0308. The van der Waals surface area contributed by atoms with Crippen LogP contribution in [0.25, 0.3) is 0 Å². The summed E-state index contributed by atoms with van der Waals surface area (Å²) < 4.78 is 13.1. The van der Waals surface area contributed by atoms with E-state index in [1.807, 2.05) is 19.9 Å². The molecule has 0 spiro atoms. The van der Waals surface area contributed by atoms with Gasteiger partial charge < -0.3 is 29.7 Å². The minimum atomic E-state index is -0.979. The number of ether oxygens (including phenoxy) is 2. The Balaban J connectivity index is 1.59. The molecule has 7 nitrogen and oxygen atoms in total. The number of amides is 1. The van der Waals surface area contributed by atoms with Gasteiger partial charge in [0.15, 0.2) is 0 Å². The van der Waals surface area contributed by atoms with E-state index in [-0.39, 0.29) is 30.9 Å². The van der Waals surface area contributed by atoms with E-state index < -0.39 is 23.4 Å². The van der Waals surface area contributed by atoms with Crippen LogP contribution in [0.15, 0.2) is 18.2 Å². The predicted molar refractivity (Wildman–Crippen MR) is 118 cm³/mol. The van der Waals surface area contributed by atoms with E-state index in [1.165, 1.54) is 0 Å². The molecule has 3 N–H and O–H groups in total. The SMILES string of the molecule is C=C(C)[C@H](O)CC[C@]1(C)Oc2cc3c(c4c2[C@H]2[C@@H](O4)[C@@](C)(O)CC[C@H]21)CN(CCO)C3=O. The molecule has 1 saturated carbocycles. The molecular formula is C25H33NO6. The molecule has 174 valence electrons. The quantitative estimate of drug-likeness (QED) is 0.585. The summed E-state index contributed by atoms with van der Waals surface area (Å²) in [6.07, 6.45) is 1.56.